The molecule has 0 rings (SSSR count). The molecule has 6 heteroatoms. The average molecular weight is 431 g/mol. The van der Waals surface area contributed by atoms with Crippen LogP contribution in [0.3, 0.4) is 0 Å². The van der Waals surface area contributed by atoms with Crippen molar-refractivity contribution in [3.63, 3.8) is 0 Å². The van der Waals surface area contributed by atoms with Crippen molar-refractivity contribution in [1.29, 1.82) is 0 Å². The summed E-state index contributed by atoms with van der Waals surface area (Å²) in [6.45, 7) is 15.1. The molecule has 0 aliphatic rings. The van der Waals surface area contributed by atoms with Gasteiger partial charge in [-0.05, 0) is 44.5 Å². The third-order valence-corrected chi connectivity index (χ3v) is 5.35. The number of aliphatic imine (C=N–C) groups is 1. The van der Waals surface area contributed by atoms with Crippen molar-refractivity contribution in [1.82, 2.24) is 15.1 Å². The summed E-state index contributed by atoms with van der Waals surface area (Å²) in [5, 5.41) is 3.56. The van der Waals surface area contributed by atoms with Gasteiger partial charge in [0, 0.05) is 52.0 Å². The van der Waals surface area contributed by atoms with Gasteiger partial charge in [-0.2, -0.15) is 0 Å². The quantitative estimate of drug-likeness (QED) is 0.230. The minimum Gasteiger partial charge on any atom is -0.404 e. The number of amidine groups is 1. The van der Waals surface area contributed by atoms with Gasteiger partial charge in [0.25, 0.3) is 0 Å². The predicted molar refractivity (Wildman–Crippen MR) is 137 cm³/mol. The largest absolute Gasteiger partial charge is 0.404 e. The van der Waals surface area contributed by atoms with Gasteiger partial charge in [-0.1, -0.05) is 45.4 Å². The molecule has 0 aliphatic heterocycles. The molecule has 0 spiro atoms. The van der Waals surface area contributed by atoms with E-state index in [0.717, 1.165) is 48.7 Å². The van der Waals surface area contributed by atoms with Crippen molar-refractivity contribution in [3.05, 3.63) is 59.4 Å². The topological polar surface area (TPSA) is 82.9 Å². The second-order valence-electron chi connectivity index (χ2n) is 7.87. The second kappa shape index (κ2) is 16.1. The Hall–Kier alpha value is -2.63. The molecular formula is C25H46N6. The molecule has 0 aromatic heterocycles. The van der Waals surface area contributed by atoms with Gasteiger partial charge >= 0.3 is 0 Å². The zero-order valence-electron chi connectivity index (χ0n) is 21.1. The minimum atomic E-state index is 0.531. The van der Waals surface area contributed by atoms with Crippen LogP contribution in [0.5, 0.6) is 0 Å². The lowest BCUT2D eigenvalue weighted by molar-refractivity contribution is 0.358. The number of nitrogens with two attached hydrogens (primary N) is 2. The van der Waals surface area contributed by atoms with E-state index in [2.05, 4.69) is 74.1 Å². The van der Waals surface area contributed by atoms with Crippen LogP contribution >= 0.6 is 0 Å². The first kappa shape index (κ1) is 28.4. The highest BCUT2D eigenvalue weighted by molar-refractivity contribution is 5.82. The fourth-order valence-electron chi connectivity index (χ4n) is 2.77. The summed E-state index contributed by atoms with van der Waals surface area (Å²) in [5.74, 6) is 1.57. The fraction of sp³-hybridized carbons (Fsp3) is 0.560. The Kier molecular flexibility index (Phi) is 14.7. The molecule has 6 nitrogen and oxygen atoms in total. The fourth-order valence-corrected chi connectivity index (χ4v) is 2.77. The van der Waals surface area contributed by atoms with Crippen LogP contribution in [-0.4, -0.2) is 49.4 Å². The van der Waals surface area contributed by atoms with Crippen LogP contribution in [0.1, 0.15) is 54.4 Å². The summed E-state index contributed by atoms with van der Waals surface area (Å²) < 4.78 is 0. The number of nitrogens with one attached hydrogen (secondary N) is 1. The van der Waals surface area contributed by atoms with Crippen LogP contribution in [0.2, 0.25) is 0 Å². The summed E-state index contributed by atoms with van der Waals surface area (Å²) in [6, 6.07) is 0. The molecule has 0 amide bonds. The molecule has 0 aromatic rings. The first-order valence-corrected chi connectivity index (χ1v) is 11.3. The summed E-state index contributed by atoms with van der Waals surface area (Å²) in [4.78, 5) is 9.08. The number of likely N-dealkylation sites (N-methyl/N-ethyl adjacent to an activating group) is 2. The summed E-state index contributed by atoms with van der Waals surface area (Å²) in [7, 11) is 4.21. The summed E-state index contributed by atoms with van der Waals surface area (Å²) in [5.41, 5.74) is 15.5. The third kappa shape index (κ3) is 11.4. The lowest BCUT2D eigenvalue weighted by Crippen LogP contribution is -2.35. The average Bonchev–Trinajstić information content (AvgIpc) is 2.78. The monoisotopic (exact) mass is 430 g/mol. The summed E-state index contributed by atoms with van der Waals surface area (Å²) >= 11 is 0. The molecule has 0 saturated carbocycles. The predicted octanol–water partition coefficient (Wildman–Crippen LogP) is 4.32. The SMILES string of the molecule is C/C=C\C(=C/N)CNC(/C=C\C(C)CC)=C(/C)N(C)CCN(C)C(CC)=N/C(C)=C\N. The van der Waals surface area contributed by atoms with E-state index in [9.17, 15) is 0 Å². The van der Waals surface area contributed by atoms with Crippen molar-refractivity contribution in [2.24, 2.45) is 22.4 Å². The van der Waals surface area contributed by atoms with Crippen molar-refractivity contribution in [2.45, 2.75) is 54.4 Å². The highest BCUT2D eigenvalue weighted by Gasteiger charge is 2.10. The Balaban J connectivity index is 5.45. The molecule has 1 atom stereocenters. The van der Waals surface area contributed by atoms with E-state index in [1.807, 2.05) is 26.0 Å². The first-order chi connectivity index (χ1) is 14.7. The molecule has 5 N–H and O–H groups in total. The van der Waals surface area contributed by atoms with Crippen molar-refractivity contribution in [2.75, 3.05) is 33.7 Å². The van der Waals surface area contributed by atoms with Gasteiger partial charge in [0.05, 0.1) is 11.4 Å². The molecular weight excluding hydrogens is 384 g/mol. The Morgan fingerprint density at radius 1 is 1.03 bits per heavy atom. The molecule has 0 heterocycles. The van der Waals surface area contributed by atoms with Gasteiger partial charge in [-0.15, -0.1) is 0 Å². The summed E-state index contributed by atoms with van der Waals surface area (Å²) in [6.07, 6.45) is 13.7. The highest BCUT2D eigenvalue weighted by Crippen LogP contribution is 2.12. The van der Waals surface area contributed by atoms with E-state index in [0.29, 0.717) is 12.5 Å². The minimum absolute atomic E-state index is 0.531. The van der Waals surface area contributed by atoms with Gasteiger partial charge in [0.1, 0.15) is 5.84 Å². The van der Waals surface area contributed by atoms with E-state index in [-0.39, 0.29) is 0 Å². The first-order valence-electron chi connectivity index (χ1n) is 11.3. The molecule has 0 radical (unpaired) electrons. The maximum Gasteiger partial charge on any atom is 0.104 e. The van der Waals surface area contributed by atoms with Gasteiger partial charge < -0.3 is 26.6 Å². The molecule has 176 valence electrons. The van der Waals surface area contributed by atoms with Crippen LogP contribution in [-0.2, 0) is 0 Å². The Bertz CT molecular complexity index is 697. The smallest absolute Gasteiger partial charge is 0.104 e. The molecule has 0 aromatic carbocycles. The van der Waals surface area contributed by atoms with E-state index < -0.39 is 0 Å². The normalized spacial score (nSPS) is 15.4. The molecule has 0 saturated heterocycles. The van der Waals surface area contributed by atoms with Gasteiger partial charge in [-0.25, -0.2) is 4.99 Å². The lowest BCUT2D eigenvalue weighted by atomic mass is 10.1. The van der Waals surface area contributed by atoms with Crippen LogP contribution in [0, 0.1) is 5.92 Å². The van der Waals surface area contributed by atoms with Crippen molar-refractivity contribution < 1.29 is 0 Å². The number of hydrogen-bond donors (Lipinski definition) is 3. The van der Waals surface area contributed by atoms with Crippen molar-refractivity contribution in [3.8, 4) is 0 Å². The number of allylic oxidation sites excluding steroid dienone is 5. The number of rotatable bonds is 13. The number of nitrogens with zero attached hydrogens (tertiary/aromatic N) is 3. The van der Waals surface area contributed by atoms with Gasteiger partial charge in [-0.3, -0.25) is 0 Å². The number of hydrogen-bond acceptors (Lipinski definition) is 5. The molecule has 1 unspecified atom stereocenters. The van der Waals surface area contributed by atoms with E-state index in [1.165, 1.54) is 5.70 Å². The Morgan fingerprint density at radius 3 is 2.19 bits per heavy atom. The zero-order chi connectivity index (χ0) is 23.8. The Morgan fingerprint density at radius 2 is 1.68 bits per heavy atom. The van der Waals surface area contributed by atoms with Crippen LogP contribution in [0.4, 0.5) is 0 Å². The lowest BCUT2D eigenvalue weighted by Gasteiger charge is -2.27. The standard InChI is InChI=1S/C25H46N6/c1-9-12-23(18-27)19-28-24(14-13-20(4)10-2)22(6)30(7)15-16-31(8)25(11-3)29-21(5)17-26/h9,12-14,17-18,20,28H,10-11,15-16,19,26-27H2,1-8H3/b12-9-,14-13-,21-17-,23-18+,24-22-,29-25?. The molecule has 0 fully saturated rings. The van der Waals surface area contributed by atoms with Gasteiger partial charge in [0.2, 0.25) is 0 Å². The molecule has 31 heavy (non-hydrogen) atoms. The van der Waals surface area contributed by atoms with Crippen LogP contribution in [0.15, 0.2) is 64.4 Å². The van der Waals surface area contributed by atoms with Crippen LogP contribution in [0.25, 0.3) is 0 Å². The zero-order valence-corrected chi connectivity index (χ0v) is 21.1. The van der Waals surface area contributed by atoms with E-state index in [4.69, 9.17) is 11.5 Å². The van der Waals surface area contributed by atoms with Gasteiger partial charge in [0.15, 0.2) is 0 Å². The molecule has 0 bridgehead atoms. The maximum atomic E-state index is 5.77. The van der Waals surface area contributed by atoms with Crippen molar-refractivity contribution >= 4 is 5.84 Å². The van der Waals surface area contributed by atoms with E-state index in [1.54, 1.807) is 12.4 Å². The molecule has 0 aliphatic carbocycles. The Labute approximate surface area is 191 Å². The maximum absolute atomic E-state index is 5.77. The van der Waals surface area contributed by atoms with Crippen LogP contribution < -0.4 is 16.8 Å². The highest BCUT2D eigenvalue weighted by atomic mass is 15.2. The third-order valence-electron chi connectivity index (χ3n) is 5.35. The second-order valence-corrected chi connectivity index (χ2v) is 7.87. The van der Waals surface area contributed by atoms with E-state index >= 15 is 0 Å².